The zero-order valence-electron chi connectivity index (χ0n) is 14.1. The normalized spacial score (nSPS) is 15.6. The van der Waals surface area contributed by atoms with Crippen molar-refractivity contribution in [3.05, 3.63) is 64.7 Å². The lowest BCUT2D eigenvalue weighted by Gasteiger charge is -2.26. The van der Waals surface area contributed by atoms with Crippen LogP contribution in [0.3, 0.4) is 0 Å². The van der Waals surface area contributed by atoms with Crippen LogP contribution in [0.5, 0.6) is 5.75 Å². The predicted molar refractivity (Wildman–Crippen MR) is 92.7 cm³/mol. The van der Waals surface area contributed by atoms with Crippen molar-refractivity contribution >= 4 is 11.9 Å². The standard InChI is InChI=1S/C19H19N3O4/c23-18(20-25)13-5-6-16-12-21(7-8-26-17(16)9-13)19(24)22-10-14-3-1-2-4-15(14)11-22/h1-6,9,25H,7-8,10-12H2,(H,20,23). The fraction of sp³-hybridized carbons (Fsp3) is 0.263. The highest BCUT2D eigenvalue weighted by Gasteiger charge is 2.28. The van der Waals surface area contributed by atoms with E-state index in [1.165, 1.54) is 11.1 Å². The summed E-state index contributed by atoms with van der Waals surface area (Å²) in [5.41, 5.74) is 5.13. The van der Waals surface area contributed by atoms with Gasteiger partial charge in [-0.25, -0.2) is 10.3 Å². The highest BCUT2D eigenvalue weighted by molar-refractivity contribution is 5.93. The number of nitrogens with zero attached hydrogens (tertiary/aromatic N) is 2. The number of hydrogen-bond donors (Lipinski definition) is 2. The molecule has 2 heterocycles. The number of hydroxylamine groups is 1. The molecule has 7 nitrogen and oxygen atoms in total. The van der Waals surface area contributed by atoms with Crippen molar-refractivity contribution in [1.29, 1.82) is 0 Å². The highest BCUT2D eigenvalue weighted by Crippen LogP contribution is 2.27. The number of carbonyl (C=O) groups is 2. The van der Waals surface area contributed by atoms with Gasteiger partial charge in [-0.15, -0.1) is 0 Å². The van der Waals surface area contributed by atoms with Crippen LogP contribution in [0.15, 0.2) is 42.5 Å². The van der Waals surface area contributed by atoms with Crippen molar-refractivity contribution in [2.75, 3.05) is 13.2 Å². The molecular formula is C19H19N3O4. The van der Waals surface area contributed by atoms with Crippen LogP contribution in [-0.4, -0.2) is 40.1 Å². The van der Waals surface area contributed by atoms with Crippen molar-refractivity contribution < 1.29 is 19.5 Å². The number of urea groups is 1. The van der Waals surface area contributed by atoms with Crippen LogP contribution in [0, 0.1) is 0 Å². The van der Waals surface area contributed by atoms with Gasteiger partial charge in [0.05, 0.1) is 13.1 Å². The van der Waals surface area contributed by atoms with Crippen molar-refractivity contribution in [2.24, 2.45) is 0 Å². The minimum Gasteiger partial charge on any atom is -0.491 e. The van der Waals surface area contributed by atoms with Gasteiger partial charge in [0.25, 0.3) is 5.91 Å². The quantitative estimate of drug-likeness (QED) is 0.608. The molecule has 0 unspecified atom stereocenters. The third-order valence-electron chi connectivity index (χ3n) is 4.79. The number of carbonyl (C=O) groups excluding carboxylic acids is 2. The number of nitrogens with one attached hydrogen (secondary N) is 1. The van der Waals surface area contributed by atoms with Crippen LogP contribution in [0.2, 0.25) is 0 Å². The summed E-state index contributed by atoms with van der Waals surface area (Å²) in [4.78, 5) is 28.1. The van der Waals surface area contributed by atoms with Crippen molar-refractivity contribution in [3.63, 3.8) is 0 Å². The van der Waals surface area contributed by atoms with Gasteiger partial charge in [0.2, 0.25) is 0 Å². The number of amides is 3. The molecule has 2 aliphatic rings. The van der Waals surface area contributed by atoms with Gasteiger partial charge in [0, 0.05) is 24.2 Å². The lowest BCUT2D eigenvalue weighted by atomic mass is 10.1. The van der Waals surface area contributed by atoms with E-state index in [4.69, 9.17) is 9.94 Å². The topological polar surface area (TPSA) is 82.1 Å². The van der Waals surface area contributed by atoms with Gasteiger partial charge in [-0.1, -0.05) is 30.3 Å². The van der Waals surface area contributed by atoms with E-state index in [1.54, 1.807) is 28.6 Å². The Balaban J connectivity index is 1.51. The van der Waals surface area contributed by atoms with Crippen LogP contribution in [-0.2, 0) is 19.6 Å². The summed E-state index contributed by atoms with van der Waals surface area (Å²) < 4.78 is 5.71. The van der Waals surface area contributed by atoms with E-state index in [9.17, 15) is 9.59 Å². The first-order chi connectivity index (χ1) is 12.7. The Kier molecular flexibility index (Phi) is 4.22. The lowest BCUT2D eigenvalue weighted by molar-refractivity contribution is 0.0706. The molecule has 2 N–H and O–H groups in total. The molecular weight excluding hydrogens is 334 g/mol. The minimum absolute atomic E-state index is 0.0187. The first-order valence-corrected chi connectivity index (χ1v) is 8.46. The van der Waals surface area contributed by atoms with E-state index in [2.05, 4.69) is 12.1 Å². The molecule has 0 fully saturated rings. The van der Waals surface area contributed by atoms with Gasteiger partial charge < -0.3 is 14.5 Å². The maximum atomic E-state index is 13.0. The molecule has 4 rings (SSSR count). The Morgan fingerprint density at radius 1 is 0.962 bits per heavy atom. The molecule has 0 bridgehead atoms. The van der Waals surface area contributed by atoms with Gasteiger partial charge in [-0.3, -0.25) is 10.0 Å². The number of ether oxygens (including phenoxy) is 1. The number of hydrogen-bond acceptors (Lipinski definition) is 4. The van der Waals surface area contributed by atoms with E-state index < -0.39 is 5.91 Å². The third kappa shape index (κ3) is 2.97. The molecule has 2 aliphatic heterocycles. The van der Waals surface area contributed by atoms with E-state index in [-0.39, 0.29) is 6.03 Å². The summed E-state index contributed by atoms with van der Waals surface area (Å²) in [7, 11) is 0. The van der Waals surface area contributed by atoms with E-state index in [0.29, 0.717) is 44.1 Å². The minimum atomic E-state index is -0.594. The Labute approximate surface area is 150 Å². The maximum Gasteiger partial charge on any atom is 0.321 e. The fourth-order valence-electron chi connectivity index (χ4n) is 3.41. The number of fused-ring (bicyclic) bond motifs is 2. The zero-order valence-corrected chi connectivity index (χ0v) is 14.1. The molecule has 7 heteroatoms. The van der Waals surface area contributed by atoms with E-state index in [1.807, 2.05) is 17.0 Å². The molecule has 0 radical (unpaired) electrons. The molecule has 0 atom stereocenters. The van der Waals surface area contributed by atoms with Crippen LogP contribution in [0.25, 0.3) is 0 Å². The van der Waals surface area contributed by atoms with Crippen LogP contribution in [0.4, 0.5) is 4.79 Å². The summed E-state index contributed by atoms with van der Waals surface area (Å²) in [5.74, 6) is -0.0329. The maximum absolute atomic E-state index is 13.0. The molecule has 0 spiro atoms. The van der Waals surface area contributed by atoms with Crippen molar-refractivity contribution in [3.8, 4) is 5.75 Å². The average Bonchev–Trinajstić information content (AvgIpc) is 2.99. The lowest BCUT2D eigenvalue weighted by Crippen LogP contribution is -2.41. The van der Waals surface area contributed by atoms with E-state index in [0.717, 1.165) is 5.56 Å². The largest absolute Gasteiger partial charge is 0.491 e. The van der Waals surface area contributed by atoms with Gasteiger partial charge in [-0.2, -0.15) is 0 Å². The van der Waals surface area contributed by atoms with Gasteiger partial charge in [0.1, 0.15) is 12.4 Å². The van der Waals surface area contributed by atoms with Gasteiger partial charge in [0.15, 0.2) is 0 Å². The predicted octanol–water partition coefficient (Wildman–Crippen LogP) is 2.14. The van der Waals surface area contributed by atoms with Crippen molar-refractivity contribution in [1.82, 2.24) is 15.3 Å². The fourth-order valence-corrected chi connectivity index (χ4v) is 3.41. The summed E-state index contributed by atoms with van der Waals surface area (Å²) in [6.45, 7) is 2.48. The highest BCUT2D eigenvalue weighted by atomic mass is 16.5. The second-order valence-electron chi connectivity index (χ2n) is 6.44. The van der Waals surface area contributed by atoms with Crippen LogP contribution >= 0.6 is 0 Å². The first-order valence-electron chi connectivity index (χ1n) is 8.46. The first kappa shape index (κ1) is 16.4. The van der Waals surface area contributed by atoms with Gasteiger partial charge >= 0.3 is 6.03 Å². The monoisotopic (exact) mass is 353 g/mol. The molecule has 2 aromatic rings. The summed E-state index contributed by atoms with van der Waals surface area (Å²) in [6.07, 6.45) is 0. The van der Waals surface area contributed by atoms with Gasteiger partial charge in [-0.05, 0) is 23.3 Å². The third-order valence-corrected chi connectivity index (χ3v) is 4.79. The van der Waals surface area contributed by atoms with Crippen LogP contribution in [0.1, 0.15) is 27.0 Å². The second-order valence-corrected chi connectivity index (χ2v) is 6.44. The van der Waals surface area contributed by atoms with E-state index >= 15 is 0 Å². The molecule has 134 valence electrons. The zero-order chi connectivity index (χ0) is 18.1. The number of benzene rings is 2. The SMILES string of the molecule is O=C(NO)c1ccc2c(c1)OCCN(C(=O)N1Cc3ccccc3C1)C2. The second kappa shape index (κ2) is 6.68. The molecule has 0 saturated carbocycles. The summed E-state index contributed by atoms with van der Waals surface area (Å²) in [5, 5.41) is 8.76. The van der Waals surface area contributed by atoms with Crippen molar-refractivity contribution in [2.45, 2.75) is 19.6 Å². The molecule has 26 heavy (non-hydrogen) atoms. The molecule has 0 aliphatic carbocycles. The molecule has 3 amide bonds. The number of rotatable bonds is 1. The Morgan fingerprint density at radius 2 is 1.65 bits per heavy atom. The van der Waals surface area contributed by atoms with Crippen LogP contribution < -0.4 is 10.2 Å². The molecule has 2 aromatic carbocycles. The Bertz CT molecular complexity index is 843. The summed E-state index contributed by atoms with van der Waals surface area (Å²) in [6, 6.07) is 13.0. The molecule has 0 aromatic heterocycles. The summed E-state index contributed by atoms with van der Waals surface area (Å²) >= 11 is 0. The Hall–Kier alpha value is -3.06. The Morgan fingerprint density at radius 3 is 2.35 bits per heavy atom. The average molecular weight is 353 g/mol. The smallest absolute Gasteiger partial charge is 0.321 e. The molecule has 0 saturated heterocycles.